The van der Waals surface area contributed by atoms with Crippen LogP contribution in [0, 0.1) is 6.92 Å². The van der Waals surface area contributed by atoms with Crippen molar-refractivity contribution in [3.63, 3.8) is 0 Å². The summed E-state index contributed by atoms with van der Waals surface area (Å²) in [5.41, 5.74) is 2.81. The lowest BCUT2D eigenvalue weighted by atomic mass is 10.2. The normalized spacial score (nSPS) is 11.0. The molecule has 0 spiro atoms. The fourth-order valence-corrected chi connectivity index (χ4v) is 2.52. The van der Waals surface area contributed by atoms with Crippen LogP contribution in [0.25, 0.3) is 17.0 Å². The smallest absolute Gasteiger partial charge is 0.338 e. The third-order valence-electron chi connectivity index (χ3n) is 3.73. The van der Waals surface area contributed by atoms with E-state index in [2.05, 4.69) is 5.32 Å². The Morgan fingerprint density at radius 3 is 2.81 bits per heavy atom. The molecule has 0 bridgehead atoms. The highest BCUT2D eigenvalue weighted by Gasteiger charge is 2.08. The summed E-state index contributed by atoms with van der Waals surface area (Å²) in [4.78, 5) is 23.8. The van der Waals surface area contributed by atoms with Gasteiger partial charge in [-0.05, 0) is 55.8 Å². The summed E-state index contributed by atoms with van der Waals surface area (Å²) in [5.74, 6) is -0.139. The quantitative estimate of drug-likeness (QED) is 0.541. The highest BCUT2D eigenvalue weighted by atomic mass is 16.5. The average molecular weight is 349 g/mol. The van der Waals surface area contributed by atoms with E-state index < -0.39 is 5.97 Å². The molecule has 3 aromatic rings. The van der Waals surface area contributed by atoms with Gasteiger partial charge in [-0.2, -0.15) is 0 Å². The number of hydrogen-bond donors (Lipinski definition) is 1. The predicted octanol–water partition coefficient (Wildman–Crippen LogP) is 4.57. The van der Waals surface area contributed by atoms with Crippen molar-refractivity contribution in [1.29, 1.82) is 0 Å². The summed E-state index contributed by atoms with van der Waals surface area (Å²) in [6.07, 6.45) is 3.00. The number of ether oxygens (including phenoxy) is 1. The minimum absolute atomic E-state index is 0.301. The van der Waals surface area contributed by atoms with E-state index in [9.17, 15) is 9.59 Å². The third kappa shape index (κ3) is 4.19. The summed E-state index contributed by atoms with van der Waals surface area (Å²) in [6, 6.07) is 14.4. The fraction of sp³-hybridized carbons (Fsp3) is 0.143. The van der Waals surface area contributed by atoms with Crippen LogP contribution < -0.4 is 5.32 Å². The molecule has 0 saturated heterocycles. The van der Waals surface area contributed by atoms with E-state index in [0.717, 1.165) is 16.5 Å². The summed E-state index contributed by atoms with van der Waals surface area (Å²) >= 11 is 0. The second-order valence-corrected chi connectivity index (χ2v) is 5.81. The Kier molecular flexibility index (Phi) is 5.17. The molecule has 5 heteroatoms. The molecule has 1 N–H and O–H groups in total. The van der Waals surface area contributed by atoms with Crippen LogP contribution in [-0.2, 0) is 9.53 Å². The van der Waals surface area contributed by atoms with Gasteiger partial charge in [0, 0.05) is 17.1 Å². The zero-order chi connectivity index (χ0) is 18.5. The van der Waals surface area contributed by atoms with Gasteiger partial charge in [-0.25, -0.2) is 4.79 Å². The average Bonchev–Trinajstić information content (AvgIpc) is 3.02. The molecule has 3 rings (SSSR count). The molecule has 26 heavy (non-hydrogen) atoms. The Morgan fingerprint density at radius 1 is 1.15 bits per heavy atom. The van der Waals surface area contributed by atoms with Crippen molar-refractivity contribution in [2.45, 2.75) is 13.8 Å². The molecule has 132 valence electrons. The minimum Gasteiger partial charge on any atom is -0.462 e. The highest BCUT2D eigenvalue weighted by molar-refractivity contribution is 6.02. The maximum absolute atomic E-state index is 12.1. The van der Waals surface area contributed by atoms with Crippen molar-refractivity contribution in [2.75, 3.05) is 11.9 Å². The van der Waals surface area contributed by atoms with E-state index in [4.69, 9.17) is 9.15 Å². The van der Waals surface area contributed by atoms with Crippen LogP contribution in [0.3, 0.4) is 0 Å². The minimum atomic E-state index is -0.420. The van der Waals surface area contributed by atoms with Crippen molar-refractivity contribution in [3.05, 3.63) is 71.5 Å². The maximum Gasteiger partial charge on any atom is 0.338 e. The first-order valence-electron chi connectivity index (χ1n) is 8.31. The number of anilines is 1. The summed E-state index contributed by atoms with van der Waals surface area (Å²) < 4.78 is 10.7. The first-order chi connectivity index (χ1) is 12.5. The van der Waals surface area contributed by atoms with Crippen molar-refractivity contribution in [2.24, 2.45) is 0 Å². The molecule has 0 atom stereocenters. The molecule has 0 unspecified atom stereocenters. The number of benzene rings is 2. The number of nitrogens with one attached hydrogen (secondary N) is 1. The van der Waals surface area contributed by atoms with Gasteiger partial charge in [0.05, 0.1) is 12.2 Å². The molecule has 0 aliphatic carbocycles. The van der Waals surface area contributed by atoms with E-state index in [0.29, 0.717) is 23.6 Å². The molecule has 1 amide bonds. The van der Waals surface area contributed by atoms with Gasteiger partial charge in [-0.3, -0.25) is 4.79 Å². The molecule has 1 heterocycles. The van der Waals surface area contributed by atoms with Gasteiger partial charge < -0.3 is 14.5 Å². The number of carbonyl (C=O) groups excluding carboxylic acids is 2. The standard InChI is InChI=1S/C21H19NO4/c1-3-25-21(24)16-5-4-6-17(12-16)22-20(23)10-9-18-13-15-8-7-14(2)11-19(15)26-18/h4-13H,3H2,1-2H3,(H,22,23)/b10-9+. The highest BCUT2D eigenvalue weighted by Crippen LogP contribution is 2.21. The van der Waals surface area contributed by atoms with E-state index in [-0.39, 0.29) is 5.91 Å². The maximum atomic E-state index is 12.1. The first kappa shape index (κ1) is 17.5. The van der Waals surface area contributed by atoms with E-state index in [1.165, 1.54) is 6.08 Å². The lowest BCUT2D eigenvalue weighted by Crippen LogP contribution is -2.09. The molecule has 0 saturated carbocycles. The van der Waals surface area contributed by atoms with Crippen LogP contribution in [0.15, 0.2) is 59.0 Å². The molecular formula is C21H19NO4. The number of furan rings is 1. The summed E-state index contributed by atoms with van der Waals surface area (Å²) in [7, 11) is 0. The predicted molar refractivity (Wildman–Crippen MR) is 101 cm³/mol. The van der Waals surface area contributed by atoms with Gasteiger partial charge in [0.25, 0.3) is 0 Å². The van der Waals surface area contributed by atoms with Crippen molar-refractivity contribution in [1.82, 2.24) is 0 Å². The van der Waals surface area contributed by atoms with Gasteiger partial charge in [0.2, 0.25) is 5.91 Å². The topological polar surface area (TPSA) is 68.5 Å². The monoisotopic (exact) mass is 349 g/mol. The number of hydrogen-bond acceptors (Lipinski definition) is 4. The van der Waals surface area contributed by atoms with Crippen LogP contribution in [0.1, 0.15) is 28.6 Å². The Morgan fingerprint density at radius 2 is 2.00 bits per heavy atom. The van der Waals surface area contributed by atoms with Crippen LogP contribution in [0.4, 0.5) is 5.69 Å². The molecule has 0 aliphatic rings. The van der Waals surface area contributed by atoms with Crippen molar-refractivity contribution >= 4 is 34.6 Å². The van der Waals surface area contributed by atoms with E-state index in [1.807, 2.05) is 31.2 Å². The number of carbonyl (C=O) groups is 2. The Balaban J connectivity index is 1.68. The van der Waals surface area contributed by atoms with Gasteiger partial charge in [-0.1, -0.05) is 18.2 Å². The second kappa shape index (κ2) is 7.70. The molecule has 0 aliphatic heterocycles. The van der Waals surface area contributed by atoms with Gasteiger partial charge in [0.1, 0.15) is 11.3 Å². The number of esters is 1. The van der Waals surface area contributed by atoms with Gasteiger partial charge >= 0.3 is 5.97 Å². The summed E-state index contributed by atoms with van der Waals surface area (Å²) in [6.45, 7) is 4.04. The Bertz CT molecular complexity index is 985. The zero-order valence-electron chi connectivity index (χ0n) is 14.6. The molecule has 0 fully saturated rings. The SMILES string of the molecule is CCOC(=O)c1cccc(NC(=O)/C=C/c2cc3ccc(C)cc3o2)c1. The van der Waals surface area contributed by atoms with Crippen LogP contribution in [-0.4, -0.2) is 18.5 Å². The van der Waals surface area contributed by atoms with Crippen molar-refractivity contribution < 1.29 is 18.7 Å². The van der Waals surface area contributed by atoms with Crippen LogP contribution >= 0.6 is 0 Å². The summed E-state index contributed by atoms with van der Waals surface area (Å²) in [5, 5.41) is 3.70. The molecule has 1 aromatic heterocycles. The van der Waals surface area contributed by atoms with Crippen LogP contribution in [0.5, 0.6) is 0 Å². The van der Waals surface area contributed by atoms with E-state index >= 15 is 0 Å². The molecule has 5 nitrogen and oxygen atoms in total. The lowest BCUT2D eigenvalue weighted by Gasteiger charge is -2.05. The lowest BCUT2D eigenvalue weighted by molar-refractivity contribution is -0.111. The molecule has 2 aromatic carbocycles. The molecular weight excluding hydrogens is 330 g/mol. The number of amides is 1. The van der Waals surface area contributed by atoms with Gasteiger partial charge in [0.15, 0.2) is 0 Å². The third-order valence-corrected chi connectivity index (χ3v) is 3.73. The van der Waals surface area contributed by atoms with Crippen LogP contribution in [0.2, 0.25) is 0 Å². The number of rotatable bonds is 5. The second-order valence-electron chi connectivity index (χ2n) is 5.81. The van der Waals surface area contributed by atoms with E-state index in [1.54, 1.807) is 37.3 Å². The largest absolute Gasteiger partial charge is 0.462 e. The number of aryl methyl sites for hydroxylation is 1. The fourth-order valence-electron chi connectivity index (χ4n) is 2.52. The molecule has 0 radical (unpaired) electrons. The first-order valence-corrected chi connectivity index (χ1v) is 8.31. The Labute approximate surface area is 151 Å². The van der Waals surface area contributed by atoms with Gasteiger partial charge in [-0.15, -0.1) is 0 Å². The number of fused-ring (bicyclic) bond motifs is 1. The van der Waals surface area contributed by atoms with Crippen molar-refractivity contribution in [3.8, 4) is 0 Å². The zero-order valence-corrected chi connectivity index (χ0v) is 14.6. The Hall–Kier alpha value is -3.34.